The minimum Gasteiger partial charge on any atom is -0.392 e. The van der Waals surface area contributed by atoms with Gasteiger partial charge in [-0.3, -0.25) is 0 Å². The largest absolute Gasteiger partial charge is 0.500 e. The molecule has 0 spiro atoms. The first kappa shape index (κ1) is 24.1. The number of unbranched alkanes of at least 4 members (excludes halogenated alkanes) is 3. The summed E-state index contributed by atoms with van der Waals surface area (Å²) in [6, 6.07) is 1.12. The SMILES string of the molecule is CCCCCCNC1CC(CC[Si](OCC)(OCC)OCC)CCC1O. The van der Waals surface area contributed by atoms with Crippen molar-refractivity contribution in [2.24, 2.45) is 5.92 Å². The molecule has 0 bridgehead atoms. The molecular weight excluding hydrogens is 346 g/mol. The minimum absolute atomic E-state index is 0.204. The van der Waals surface area contributed by atoms with Gasteiger partial charge in [0.15, 0.2) is 0 Å². The van der Waals surface area contributed by atoms with Crippen LogP contribution < -0.4 is 5.32 Å². The molecule has 26 heavy (non-hydrogen) atoms. The average molecular weight is 390 g/mol. The highest BCUT2D eigenvalue weighted by Crippen LogP contribution is 2.31. The van der Waals surface area contributed by atoms with Crippen molar-refractivity contribution in [1.29, 1.82) is 0 Å². The molecule has 2 N–H and O–H groups in total. The Bertz CT molecular complexity index is 329. The highest BCUT2D eigenvalue weighted by molar-refractivity contribution is 6.60. The zero-order chi connectivity index (χ0) is 19.3. The number of hydrogen-bond donors (Lipinski definition) is 2. The van der Waals surface area contributed by atoms with E-state index in [1.165, 1.54) is 25.7 Å². The zero-order valence-electron chi connectivity index (χ0n) is 17.6. The predicted molar refractivity (Wildman–Crippen MR) is 109 cm³/mol. The third-order valence-corrected chi connectivity index (χ3v) is 8.40. The van der Waals surface area contributed by atoms with Gasteiger partial charge in [0.05, 0.1) is 6.10 Å². The van der Waals surface area contributed by atoms with Crippen molar-refractivity contribution in [1.82, 2.24) is 5.32 Å². The molecule has 3 atom stereocenters. The fourth-order valence-electron chi connectivity index (χ4n) is 3.94. The maximum atomic E-state index is 10.3. The third kappa shape index (κ3) is 8.80. The van der Waals surface area contributed by atoms with E-state index < -0.39 is 8.80 Å². The van der Waals surface area contributed by atoms with E-state index in [1.54, 1.807) is 0 Å². The topological polar surface area (TPSA) is 60.0 Å². The fourth-order valence-corrected chi connectivity index (χ4v) is 6.71. The van der Waals surface area contributed by atoms with Crippen molar-refractivity contribution in [3.8, 4) is 0 Å². The molecule has 0 aromatic rings. The van der Waals surface area contributed by atoms with Gasteiger partial charge in [-0.05, 0) is 65.3 Å². The summed E-state index contributed by atoms with van der Waals surface area (Å²) >= 11 is 0. The van der Waals surface area contributed by atoms with E-state index in [4.69, 9.17) is 13.3 Å². The van der Waals surface area contributed by atoms with Crippen LogP contribution in [0.5, 0.6) is 0 Å². The summed E-state index contributed by atoms with van der Waals surface area (Å²) in [7, 11) is -2.54. The standard InChI is InChI=1S/C20H43NO4Si/c1-5-9-10-11-15-21-19-17-18(12-13-20(19)22)14-16-26(23-6-2,24-7-3)25-8-4/h18-22H,5-17H2,1-4H3. The van der Waals surface area contributed by atoms with Gasteiger partial charge < -0.3 is 23.7 Å². The molecule has 0 saturated heterocycles. The van der Waals surface area contributed by atoms with E-state index in [9.17, 15) is 5.11 Å². The highest BCUT2D eigenvalue weighted by atomic mass is 28.4. The lowest BCUT2D eigenvalue weighted by Crippen LogP contribution is -2.47. The van der Waals surface area contributed by atoms with Crippen LogP contribution in [0.4, 0.5) is 0 Å². The second kappa shape index (κ2) is 14.1. The van der Waals surface area contributed by atoms with Gasteiger partial charge in [-0.2, -0.15) is 0 Å². The molecule has 1 aliphatic carbocycles. The quantitative estimate of drug-likeness (QED) is 0.326. The Morgan fingerprint density at radius 3 is 2.15 bits per heavy atom. The first-order chi connectivity index (χ1) is 12.6. The third-order valence-electron chi connectivity index (χ3n) is 5.31. The van der Waals surface area contributed by atoms with E-state index in [-0.39, 0.29) is 12.1 Å². The Balaban J connectivity index is 2.46. The van der Waals surface area contributed by atoms with Crippen LogP contribution >= 0.6 is 0 Å². The van der Waals surface area contributed by atoms with E-state index in [1.807, 2.05) is 20.8 Å². The monoisotopic (exact) mass is 389 g/mol. The lowest BCUT2D eigenvalue weighted by atomic mass is 9.82. The van der Waals surface area contributed by atoms with E-state index in [0.29, 0.717) is 25.7 Å². The summed E-state index contributed by atoms with van der Waals surface area (Å²) < 4.78 is 17.9. The van der Waals surface area contributed by atoms with E-state index in [2.05, 4.69) is 12.2 Å². The molecule has 0 radical (unpaired) electrons. The molecule has 3 unspecified atom stereocenters. The Hall–Kier alpha value is 0.0169. The first-order valence-electron chi connectivity index (χ1n) is 10.9. The fraction of sp³-hybridized carbons (Fsp3) is 1.00. The Morgan fingerprint density at radius 2 is 1.58 bits per heavy atom. The van der Waals surface area contributed by atoms with Crippen molar-refractivity contribution in [3.63, 3.8) is 0 Å². The van der Waals surface area contributed by atoms with Crippen LogP contribution in [0, 0.1) is 5.92 Å². The second-order valence-corrected chi connectivity index (χ2v) is 10.1. The summed E-state index contributed by atoms with van der Waals surface area (Å²) in [4.78, 5) is 0. The van der Waals surface area contributed by atoms with Gasteiger partial charge >= 0.3 is 8.80 Å². The van der Waals surface area contributed by atoms with Crippen molar-refractivity contribution in [2.45, 2.75) is 97.3 Å². The number of aliphatic hydroxyl groups excluding tert-OH is 1. The Labute approximate surface area is 162 Å². The normalized spacial score (nSPS) is 24.1. The molecule has 1 aliphatic rings. The molecule has 0 aromatic carbocycles. The maximum Gasteiger partial charge on any atom is 0.500 e. The van der Waals surface area contributed by atoms with Crippen molar-refractivity contribution >= 4 is 8.80 Å². The van der Waals surface area contributed by atoms with Gasteiger partial charge in [-0.15, -0.1) is 0 Å². The summed E-state index contributed by atoms with van der Waals surface area (Å²) in [5, 5.41) is 13.9. The molecule has 5 nitrogen and oxygen atoms in total. The molecule has 6 heteroatoms. The number of hydrogen-bond acceptors (Lipinski definition) is 5. The highest BCUT2D eigenvalue weighted by Gasteiger charge is 2.41. The van der Waals surface area contributed by atoms with Crippen LogP contribution in [-0.4, -0.2) is 52.4 Å². The van der Waals surface area contributed by atoms with Crippen LogP contribution in [0.15, 0.2) is 0 Å². The smallest absolute Gasteiger partial charge is 0.392 e. The zero-order valence-corrected chi connectivity index (χ0v) is 18.6. The van der Waals surface area contributed by atoms with E-state index in [0.717, 1.165) is 38.3 Å². The van der Waals surface area contributed by atoms with Crippen LogP contribution in [0.1, 0.15) is 79.1 Å². The molecule has 1 saturated carbocycles. The first-order valence-corrected chi connectivity index (χ1v) is 12.9. The average Bonchev–Trinajstić information content (AvgIpc) is 2.62. The lowest BCUT2D eigenvalue weighted by molar-refractivity contribution is 0.0575. The molecule has 1 rings (SSSR count). The molecular formula is C20H43NO4Si. The van der Waals surface area contributed by atoms with Gasteiger partial charge in [-0.25, -0.2) is 0 Å². The Kier molecular flexibility index (Phi) is 13.0. The van der Waals surface area contributed by atoms with Crippen LogP contribution in [-0.2, 0) is 13.3 Å². The van der Waals surface area contributed by atoms with Gasteiger partial charge in [0, 0.05) is 31.9 Å². The predicted octanol–water partition coefficient (Wildman–Crippen LogP) is 4.12. The number of rotatable bonds is 15. The number of nitrogens with one attached hydrogen (secondary N) is 1. The number of aliphatic hydroxyl groups is 1. The second-order valence-electron chi connectivity index (χ2n) is 7.39. The van der Waals surface area contributed by atoms with Crippen LogP contribution in [0.3, 0.4) is 0 Å². The van der Waals surface area contributed by atoms with Crippen LogP contribution in [0.25, 0.3) is 0 Å². The van der Waals surface area contributed by atoms with Gasteiger partial charge in [0.1, 0.15) is 0 Å². The molecule has 0 aliphatic heterocycles. The Morgan fingerprint density at radius 1 is 0.923 bits per heavy atom. The summed E-state index contributed by atoms with van der Waals surface area (Å²) in [5.41, 5.74) is 0. The van der Waals surface area contributed by atoms with Gasteiger partial charge in [0.2, 0.25) is 0 Å². The van der Waals surface area contributed by atoms with Crippen molar-refractivity contribution < 1.29 is 18.4 Å². The van der Waals surface area contributed by atoms with Gasteiger partial charge in [-0.1, -0.05) is 26.2 Å². The van der Waals surface area contributed by atoms with E-state index >= 15 is 0 Å². The molecule has 0 aromatic heterocycles. The lowest BCUT2D eigenvalue weighted by Gasteiger charge is -2.36. The molecule has 1 fully saturated rings. The minimum atomic E-state index is -2.54. The summed E-state index contributed by atoms with van der Waals surface area (Å²) in [5.74, 6) is 0.611. The van der Waals surface area contributed by atoms with Crippen LogP contribution in [0.2, 0.25) is 6.04 Å². The maximum absolute atomic E-state index is 10.3. The summed E-state index contributed by atoms with van der Waals surface area (Å²) in [6.07, 6.45) is 8.93. The molecule has 156 valence electrons. The van der Waals surface area contributed by atoms with Crippen molar-refractivity contribution in [3.05, 3.63) is 0 Å². The van der Waals surface area contributed by atoms with Crippen molar-refractivity contribution in [2.75, 3.05) is 26.4 Å². The van der Waals surface area contributed by atoms with Gasteiger partial charge in [0.25, 0.3) is 0 Å². The summed E-state index contributed by atoms with van der Waals surface area (Å²) in [6.45, 7) is 11.2. The molecule has 0 heterocycles. The molecule has 0 amide bonds.